The number of carbonyl (C=O) groups excluding carboxylic acids is 1. The number of aromatic hydroxyl groups is 1. The number of methoxy groups -OCH3 is 1. The molecule has 0 aliphatic heterocycles. The minimum atomic E-state index is 0.0683. The first kappa shape index (κ1) is 12.1. The minimum Gasteiger partial charge on any atom is -0.493 e. The Bertz CT molecular complexity index is 338. The van der Waals surface area contributed by atoms with E-state index in [1.165, 1.54) is 23.4 Å². The number of aromatic nitrogens is 2. The van der Waals surface area contributed by atoms with Crippen molar-refractivity contribution in [3.8, 4) is 5.88 Å². The van der Waals surface area contributed by atoms with Crippen LogP contribution >= 0.6 is 11.8 Å². The molecule has 0 spiro atoms. The molecule has 0 aliphatic rings. The normalized spacial score (nSPS) is 10.5. The fraction of sp³-hybridized carbons (Fsp3) is 0.556. The van der Waals surface area contributed by atoms with E-state index in [1.807, 2.05) is 0 Å². The van der Waals surface area contributed by atoms with Crippen molar-refractivity contribution in [2.75, 3.05) is 12.9 Å². The lowest BCUT2D eigenvalue weighted by molar-refractivity contribution is -0.109. The summed E-state index contributed by atoms with van der Waals surface area (Å²) in [5.41, 5.74) is 0.683. The molecule has 84 valence electrons. The molecule has 6 heteroatoms. The van der Waals surface area contributed by atoms with Crippen molar-refractivity contribution >= 4 is 16.9 Å². The van der Waals surface area contributed by atoms with Gasteiger partial charge in [-0.1, -0.05) is 11.8 Å². The Morgan fingerprint density at radius 3 is 3.07 bits per heavy atom. The van der Waals surface area contributed by atoms with Gasteiger partial charge in [0.2, 0.25) is 5.88 Å². The van der Waals surface area contributed by atoms with Crippen LogP contribution in [0.1, 0.15) is 12.6 Å². The molecule has 1 rings (SSSR count). The van der Waals surface area contributed by atoms with Gasteiger partial charge in [-0.15, -0.1) is 0 Å². The van der Waals surface area contributed by atoms with E-state index in [2.05, 4.69) is 5.10 Å². The molecule has 0 amide bonds. The molecule has 0 unspecified atom stereocenters. The Labute approximate surface area is 92.4 Å². The Morgan fingerprint density at radius 1 is 1.73 bits per heavy atom. The summed E-state index contributed by atoms with van der Waals surface area (Å²) in [6.45, 7) is 2.41. The number of ether oxygens (including phenoxy) is 1. The second kappa shape index (κ2) is 5.77. The van der Waals surface area contributed by atoms with Crippen LogP contribution in [0.2, 0.25) is 0 Å². The summed E-state index contributed by atoms with van der Waals surface area (Å²) in [7, 11) is 1.57. The second-order valence-corrected chi connectivity index (χ2v) is 4.26. The molecule has 0 aromatic carbocycles. The summed E-state index contributed by atoms with van der Waals surface area (Å²) in [5.74, 6) is 0.711. The quantitative estimate of drug-likeness (QED) is 0.818. The van der Waals surface area contributed by atoms with Crippen LogP contribution in [0, 0.1) is 0 Å². The van der Waals surface area contributed by atoms with Crippen molar-refractivity contribution < 1.29 is 14.6 Å². The number of carbonyl (C=O) groups is 1. The van der Waals surface area contributed by atoms with E-state index in [0.717, 1.165) is 0 Å². The summed E-state index contributed by atoms with van der Waals surface area (Å²) < 4.78 is 6.36. The molecule has 5 nitrogen and oxygen atoms in total. The first-order chi connectivity index (χ1) is 7.13. The van der Waals surface area contributed by atoms with Crippen LogP contribution in [-0.4, -0.2) is 32.9 Å². The Hall–Kier alpha value is -1.01. The molecule has 1 heterocycles. The van der Waals surface area contributed by atoms with Gasteiger partial charge >= 0.3 is 0 Å². The number of hydrogen-bond donors (Lipinski definition) is 1. The van der Waals surface area contributed by atoms with Gasteiger partial charge in [-0.25, -0.2) is 4.68 Å². The molecule has 0 saturated carbocycles. The van der Waals surface area contributed by atoms with E-state index in [4.69, 9.17) is 4.74 Å². The van der Waals surface area contributed by atoms with Crippen molar-refractivity contribution in [2.45, 2.75) is 20.1 Å². The summed E-state index contributed by atoms with van der Waals surface area (Å²) in [5, 5.41) is 13.7. The summed E-state index contributed by atoms with van der Waals surface area (Å²) in [4.78, 5) is 10.7. The Kier molecular flexibility index (Phi) is 4.64. The summed E-state index contributed by atoms with van der Waals surface area (Å²) in [6.07, 6.45) is 0. The number of hydrogen-bond acceptors (Lipinski definition) is 5. The highest BCUT2D eigenvalue weighted by Crippen LogP contribution is 2.13. The maximum atomic E-state index is 10.7. The zero-order valence-electron chi connectivity index (χ0n) is 8.77. The van der Waals surface area contributed by atoms with Crippen LogP contribution < -0.4 is 0 Å². The van der Waals surface area contributed by atoms with Gasteiger partial charge in [-0.3, -0.25) is 4.79 Å². The van der Waals surface area contributed by atoms with Gasteiger partial charge in [0.25, 0.3) is 0 Å². The van der Waals surface area contributed by atoms with Gasteiger partial charge in [0.15, 0.2) is 5.12 Å². The number of thioether (sulfide) groups is 1. The van der Waals surface area contributed by atoms with E-state index in [0.29, 0.717) is 24.6 Å². The standard InChI is InChI=1S/C9H14N2O3S/c1-7(12)15-4-3-11-9(13)5-8(10-11)6-14-2/h5,13H,3-4,6H2,1-2H3. The van der Waals surface area contributed by atoms with E-state index in [9.17, 15) is 9.90 Å². The lowest BCUT2D eigenvalue weighted by Crippen LogP contribution is -2.04. The van der Waals surface area contributed by atoms with E-state index in [1.54, 1.807) is 13.2 Å². The molecular weight excluding hydrogens is 216 g/mol. The highest BCUT2D eigenvalue weighted by atomic mass is 32.2. The third-order valence-electron chi connectivity index (χ3n) is 1.71. The van der Waals surface area contributed by atoms with Crippen LogP contribution in [-0.2, 0) is 22.7 Å². The van der Waals surface area contributed by atoms with Crippen molar-refractivity contribution in [1.29, 1.82) is 0 Å². The van der Waals surface area contributed by atoms with Gasteiger partial charge < -0.3 is 9.84 Å². The molecule has 0 radical (unpaired) electrons. The lowest BCUT2D eigenvalue weighted by atomic mass is 10.5. The fourth-order valence-corrected chi connectivity index (χ4v) is 1.67. The van der Waals surface area contributed by atoms with Crippen LogP contribution in [0.25, 0.3) is 0 Å². The van der Waals surface area contributed by atoms with Crippen LogP contribution in [0.5, 0.6) is 5.88 Å². The Balaban J connectivity index is 2.49. The minimum absolute atomic E-state index is 0.0683. The van der Waals surface area contributed by atoms with Crippen LogP contribution in [0.3, 0.4) is 0 Å². The van der Waals surface area contributed by atoms with E-state index in [-0.39, 0.29) is 11.0 Å². The highest BCUT2D eigenvalue weighted by Gasteiger charge is 2.06. The van der Waals surface area contributed by atoms with Gasteiger partial charge in [0.1, 0.15) is 0 Å². The third-order valence-corrected chi connectivity index (χ3v) is 2.50. The van der Waals surface area contributed by atoms with Gasteiger partial charge in [-0.2, -0.15) is 5.10 Å². The van der Waals surface area contributed by atoms with Crippen molar-refractivity contribution in [3.63, 3.8) is 0 Å². The maximum absolute atomic E-state index is 10.7. The molecule has 1 N–H and O–H groups in total. The number of nitrogens with zero attached hydrogens (tertiary/aromatic N) is 2. The topological polar surface area (TPSA) is 64.3 Å². The Morgan fingerprint density at radius 2 is 2.47 bits per heavy atom. The molecule has 0 saturated heterocycles. The number of rotatable bonds is 5. The monoisotopic (exact) mass is 230 g/mol. The second-order valence-electron chi connectivity index (χ2n) is 2.99. The molecule has 0 atom stereocenters. The van der Waals surface area contributed by atoms with E-state index < -0.39 is 0 Å². The van der Waals surface area contributed by atoms with Crippen molar-refractivity contribution in [2.24, 2.45) is 0 Å². The molecule has 1 aromatic rings. The molecule has 1 aromatic heterocycles. The van der Waals surface area contributed by atoms with Gasteiger partial charge in [0.05, 0.1) is 18.8 Å². The first-order valence-electron chi connectivity index (χ1n) is 4.51. The first-order valence-corrected chi connectivity index (χ1v) is 5.50. The fourth-order valence-electron chi connectivity index (χ4n) is 1.12. The smallest absolute Gasteiger partial charge is 0.209 e. The highest BCUT2D eigenvalue weighted by molar-refractivity contribution is 8.13. The zero-order chi connectivity index (χ0) is 11.3. The molecule has 0 bridgehead atoms. The van der Waals surface area contributed by atoms with Crippen molar-refractivity contribution in [1.82, 2.24) is 9.78 Å². The molecule has 15 heavy (non-hydrogen) atoms. The van der Waals surface area contributed by atoms with Gasteiger partial charge in [-0.05, 0) is 0 Å². The molecule has 0 aliphatic carbocycles. The SMILES string of the molecule is COCc1cc(O)n(CCSC(C)=O)n1. The van der Waals surface area contributed by atoms with Gasteiger partial charge in [0, 0.05) is 25.9 Å². The maximum Gasteiger partial charge on any atom is 0.209 e. The number of aryl methyl sites for hydroxylation is 1. The summed E-state index contributed by atoms with van der Waals surface area (Å²) in [6, 6.07) is 1.56. The summed E-state index contributed by atoms with van der Waals surface area (Å²) >= 11 is 1.22. The third kappa shape index (κ3) is 3.93. The predicted octanol–water partition coefficient (Wildman–Crippen LogP) is 1.01. The van der Waals surface area contributed by atoms with Crippen LogP contribution in [0.4, 0.5) is 0 Å². The average molecular weight is 230 g/mol. The average Bonchev–Trinajstić information content (AvgIpc) is 2.47. The largest absolute Gasteiger partial charge is 0.493 e. The lowest BCUT2D eigenvalue weighted by Gasteiger charge is -2.00. The van der Waals surface area contributed by atoms with Crippen LogP contribution in [0.15, 0.2) is 6.07 Å². The predicted molar refractivity (Wildman–Crippen MR) is 57.7 cm³/mol. The zero-order valence-corrected chi connectivity index (χ0v) is 9.58. The van der Waals surface area contributed by atoms with E-state index >= 15 is 0 Å². The molecule has 0 fully saturated rings. The van der Waals surface area contributed by atoms with Crippen molar-refractivity contribution in [3.05, 3.63) is 11.8 Å². The molecular formula is C9H14N2O3S.